The van der Waals surface area contributed by atoms with Gasteiger partial charge in [0.05, 0.1) is 17.2 Å². The van der Waals surface area contributed by atoms with E-state index in [0.29, 0.717) is 12.8 Å². The Bertz CT molecular complexity index is 348. The van der Waals surface area contributed by atoms with Gasteiger partial charge < -0.3 is 10.4 Å². The molecule has 0 saturated carbocycles. The smallest absolute Gasteiger partial charge is 0.166 e. The fourth-order valence-corrected chi connectivity index (χ4v) is 1.59. The predicted molar refractivity (Wildman–Crippen MR) is 63.2 cm³/mol. The second-order valence-corrected chi connectivity index (χ2v) is 4.19. The molecule has 1 rings (SSSR count). The van der Waals surface area contributed by atoms with Gasteiger partial charge in [0.2, 0.25) is 0 Å². The van der Waals surface area contributed by atoms with E-state index in [9.17, 15) is 9.50 Å². The number of hydrogen-bond donors (Lipinski definition) is 2. The second kappa shape index (κ2) is 5.46. The lowest BCUT2D eigenvalue weighted by Crippen LogP contribution is -2.41. The lowest BCUT2D eigenvalue weighted by atomic mass is 9.94. The molecule has 0 aromatic carbocycles. The quantitative estimate of drug-likeness (QED) is 0.840. The van der Waals surface area contributed by atoms with Crippen molar-refractivity contribution in [3.8, 4) is 0 Å². The van der Waals surface area contributed by atoms with Gasteiger partial charge in [-0.15, -0.1) is 0 Å². The Balaban J connectivity index is 2.93. The summed E-state index contributed by atoms with van der Waals surface area (Å²) < 4.78 is 13.5. The third kappa shape index (κ3) is 2.83. The number of nitrogens with zero attached hydrogens (tertiary/aromatic N) is 1. The Kier molecular flexibility index (Phi) is 4.50. The van der Waals surface area contributed by atoms with Gasteiger partial charge in [-0.05, 0) is 18.9 Å². The first-order valence-electron chi connectivity index (χ1n) is 5.27. The van der Waals surface area contributed by atoms with Crippen molar-refractivity contribution in [2.24, 2.45) is 0 Å². The van der Waals surface area contributed by atoms with Crippen LogP contribution in [0.1, 0.15) is 26.7 Å². The van der Waals surface area contributed by atoms with Crippen LogP contribution in [0, 0.1) is 5.82 Å². The number of nitrogens with one attached hydrogen (secondary N) is 1. The molecule has 1 aromatic rings. The van der Waals surface area contributed by atoms with Crippen LogP contribution < -0.4 is 5.32 Å². The summed E-state index contributed by atoms with van der Waals surface area (Å²) in [6.45, 7) is 3.80. The fourth-order valence-electron chi connectivity index (χ4n) is 1.45. The predicted octanol–water partition coefficient (Wildman–Crippen LogP) is 2.84. The van der Waals surface area contributed by atoms with Crippen molar-refractivity contribution < 1.29 is 9.50 Å². The molecule has 0 saturated heterocycles. The van der Waals surface area contributed by atoms with Crippen LogP contribution in [0.15, 0.2) is 12.3 Å². The Hall–Kier alpha value is -0.870. The van der Waals surface area contributed by atoms with E-state index in [4.69, 9.17) is 11.6 Å². The highest BCUT2D eigenvalue weighted by Gasteiger charge is 2.26. The minimum atomic E-state index is -0.526. The van der Waals surface area contributed by atoms with Crippen LogP contribution in [0.5, 0.6) is 0 Å². The zero-order valence-corrected chi connectivity index (χ0v) is 10.2. The minimum absolute atomic E-state index is 0.0657. The molecule has 16 heavy (non-hydrogen) atoms. The molecule has 0 fully saturated rings. The van der Waals surface area contributed by atoms with Gasteiger partial charge in [-0.2, -0.15) is 0 Å². The Morgan fingerprint density at radius 3 is 2.56 bits per heavy atom. The number of aliphatic hydroxyl groups is 1. The molecule has 1 aromatic heterocycles. The lowest BCUT2D eigenvalue weighted by molar-refractivity contribution is 0.201. The molecule has 0 amide bonds. The number of aliphatic hydroxyl groups excluding tert-OH is 1. The summed E-state index contributed by atoms with van der Waals surface area (Å²) in [6, 6.07) is 1.20. The molecular weight excluding hydrogens is 231 g/mol. The van der Waals surface area contributed by atoms with Gasteiger partial charge in [-0.25, -0.2) is 9.37 Å². The summed E-state index contributed by atoms with van der Waals surface area (Å²) in [5, 5.41) is 12.5. The first kappa shape index (κ1) is 13.2. The molecule has 0 aliphatic carbocycles. The molecule has 0 unspecified atom stereocenters. The summed E-state index contributed by atoms with van der Waals surface area (Å²) in [7, 11) is 0. The first-order valence-corrected chi connectivity index (χ1v) is 5.64. The molecule has 0 aliphatic rings. The summed E-state index contributed by atoms with van der Waals surface area (Å²) in [5.74, 6) is -0.380. The van der Waals surface area contributed by atoms with Crippen LogP contribution >= 0.6 is 11.6 Å². The maximum absolute atomic E-state index is 13.5. The summed E-state index contributed by atoms with van der Waals surface area (Å²) in [4.78, 5) is 3.88. The highest BCUT2D eigenvalue weighted by Crippen LogP contribution is 2.23. The number of hydrogen-bond acceptors (Lipinski definition) is 3. The molecule has 2 N–H and O–H groups in total. The van der Waals surface area contributed by atoms with Crippen LogP contribution in [0.2, 0.25) is 5.02 Å². The van der Waals surface area contributed by atoms with Crippen molar-refractivity contribution in [2.45, 2.75) is 32.2 Å². The number of aromatic nitrogens is 1. The monoisotopic (exact) mass is 246 g/mol. The zero-order valence-electron chi connectivity index (χ0n) is 9.43. The fraction of sp³-hybridized carbons (Fsp3) is 0.545. The average Bonchev–Trinajstić information content (AvgIpc) is 2.29. The summed E-state index contributed by atoms with van der Waals surface area (Å²) in [6.07, 6.45) is 2.74. The maximum atomic E-state index is 13.5. The van der Waals surface area contributed by atoms with Gasteiger partial charge in [0, 0.05) is 6.20 Å². The molecule has 0 aliphatic heterocycles. The lowest BCUT2D eigenvalue weighted by Gasteiger charge is -2.31. The number of anilines is 1. The van der Waals surface area contributed by atoms with Gasteiger partial charge >= 0.3 is 0 Å². The molecule has 1 heterocycles. The van der Waals surface area contributed by atoms with Crippen molar-refractivity contribution in [1.29, 1.82) is 0 Å². The molecule has 0 spiro atoms. The van der Waals surface area contributed by atoms with Crippen LogP contribution in [0.4, 0.5) is 10.2 Å². The van der Waals surface area contributed by atoms with Crippen LogP contribution in [-0.2, 0) is 0 Å². The van der Waals surface area contributed by atoms with Crippen molar-refractivity contribution >= 4 is 17.4 Å². The average molecular weight is 247 g/mol. The van der Waals surface area contributed by atoms with Crippen LogP contribution in [-0.4, -0.2) is 22.2 Å². The molecule has 0 atom stereocenters. The maximum Gasteiger partial charge on any atom is 0.166 e. The van der Waals surface area contributed by atoms with Gasteiger partial charge in [0.25, 0.3) is 0 Å². The van der Waals surface area contributed by atoms with Crippen molar-refractivity contribution in [3.63, 3.8) is 0 Å². The molecule has 0 bridgehead atoms. The molecule has 90 valence electrons. The van der Waals surface area contributed by atoms with E-state index in [1.807, 2.05) is 13.8 Å². The molecule has 5 heteroatoms. The number of rotatable bonds is 5. The van der Waals surface area contributed by atoms with Gasteiger partial charge in [-0.3, -0.25) is 0 Å². The minimum Gasteiger partial charge on any atom is -0.394 e. The Morgan fingerprint density at radius 2 is 2.12 bits per heavy atom. The Labute approximate surface area is 99.7 Å². The zero-order chi connectivity index (χ0) is 12.2. The third-order valence-electron chi connectivity index (χ3n) is 2.85. The van der Waals surface area contributed by atoms with Crippen molar-refractivity contribution in [2.75, 3.05) is 11.9 Å². The van der Waals surface area contributed by atoms with Gasteiger partial charge in [-0.1, -0.05) is 25.4 Å². The second-order valence-electron chi connectivity index (χ2n) is 3.75. The third-order valence-corrected chi connectivity index (χ3v) is 3.05. The van der Waals surface area contributed by atoms with E-state index < -0.39 is 11.4 Å². The van der Waals surface area contributed by atoms with E-state index in [-0.39, 0.29) is 17.4 Å². The van der Waals surface area contributed by atoms with Crippen molar-refractivity contribution in [1.82, 2.24) is 4.98 Å². The topological polar surface area (TPSA) is 45.1 Å². The number of pyridine rings is 1. The van der Waals surface area contributed by atoms with E-state index in [0.717, 1.165) is 0 Å². The Morgan fingerprint density at radius 1 is 1.50 bits per heavy atom. The highest BCUT2D eigenvalue weighted by atomic mass is 35.5. The van der Waals surface area contributed by atoms with Crippen LogP contribution in [0.25, 0.3) is 0 Å². The summed E-state index contributed by atoms with van der Waals surface area (Å²) >= 11 is 5.61. The van der Waals surface area contributed by atoms with E-state index in [1.54, 1.807) is 0 Å². The van der Waals surface area contributed by atoms with E-state index >= 15 is 0 Å². The molecular formula is C11H16ClFN2O. The largest absolute Gasteiger partial charge is 0.394 e. The standard InChI is InChI=1S/C11H16ClFN2O/c1-3-11(4-2,7-16)15-10-9(13)5-8(12)6-14-10/h5-6,16H,3-4,7H2,1-2H3,(H,14,15). The van der Waals surface area contributed by atoms with E-state index in [1.165, 1.54) is 12.3 Å². The van der Waals surface area contributed by atoms with Crippen LogP contribution in [0.3, 0.4) is 0 Å². The van der Waals surface area contributed by atoms with Crippen molar-refractivity contribution in [3.05, 3.63) is 23.1 Å². The van der Waals surface area contributed by atoms with Gasteiger partial charge in [0.1, 0.15) is 0 Å². The summed E-state index contributed by atoms with van der Waals surface area (Å²) in [5.41, 5.74) is -0.526. The molecule has 0 radical (unpaired) electrons. The normalized spacial score (nSPS) is 11.6. The van der Waals surface area contributed by atoms with E-state index in [2.05, 4.69) is 10.3 Å². The number of halogens is 2. The SMILES string of the molecule is CCC(CC)(CO)Nc1ncc(Cl)cc1F. The molecule has 3 nitrogen and oxygen atoms in total. The first-order chi connectivity index (χ1) is 7.56. The highest BCUT2D eigenvalue weighted by molar-refractivity contribution is 6.30. The van der Waals surface area contributed by atoms with Gasteiger partial charge in [0.15, 0.2) is 11.6 Å².